The van der Waals surface area contributed by atoms with E-state index >= 15 is 0 Å². The van der Waals surface area contributed by atoms with Crippen molar-refractivity contribution in [2.45, 2.75) is 43.9 Å². The zero-order chi connectivity index (χ0) is 19.6. The number of benzene rings is 1. The maximum Gasteiger partial charge on any atom is 0.254 e. The first kappa shape index (κ1) is 24.8. The average Bonchev–Trinajstić information content (AvgIpc) is 2.70. The highest BCUT2D eigenvalue weighted by molar-refractivity contribution is 14.0. The van der Waals surface area contributed by atoms with Gasteiger partial charge in [0.25, 0.3) is 5.91 Å². The number of carbonyl (C=O) groups is 1. The van der Waals surface area contributed by atoms with E-state index in [4.69, 9.17) is 0 Å². The van der Waals surface area contributed by atoms with E-state index < -0.39 is 22.5 Å². The predicted molar refractivity (Wildman–Crippen MR) is 123 cm³/mol. The van der Waals surface area contributed by atoms with Crippen molar-refractivity contribution in [3.05, 3.63) is 35.6 Å². The van der Waals surface area contributed by atoms with E-state index in [2.05, 4.69) is 20.9 Å². The summed E-state index contributed by atoms with van der Waals surface area (Å²) in [6.45, 7) is 2.78. The molecule has 0 radical (unpaired) electrons. The van der Waals surface area contributed by atoms with E-state index in [0.717, 1.165) is 25.7 Å². The quantitative estimate of drug-likeness (QED) is 0.222. The predicted octanol–water partition coefficient (Wildman–Crippen LogP) is 2.42. The molecule has 1 saturated carbocycles. The maximum atomic E-state index is 13.6. The number of carbonyl (C=O) groups excluding carboxylic acids is 1. The Morgan fingerprint density at radius 1 is 1.25 bits per heavy atom. The molecule has 1 aliphatic carbocycles. The molecule has 0 bridgehead atoms. The van der Waals surface area contributed by atoms with Crippen molar-refractivity contribution in [1.82, 2.24) is 16.0 Å². The highest BCUT2D eigenvalue weighted by Crippen LogP contribution is 2.22. The van der Waals surface area contributed by atoms with Crippen molar-refractivity contribution in [3.8, 4) is 0 Å². The molecule has 9 heteroatoms. The summed E-state index contributed by atoms with van der Waals surface area (Å²) in [7, 11) is 0.931. The second kappa shape index (κ2) is 13.1. The molecule has 1 aromatic rings. The molecule has 1 fully saturated rings. The molecular weight excluding hydrogens is 494 g/mol. The van der Waals surface area contributed by atoms with E-state index in [9.17, 15) is 13.4 Å². The Hall–Kier alpha value is -1.23. The lowest BCUT2D eigenvalue weighted by Gasteiger charge is -2.30. The molecule has 0 spiro atoms. The standard InChI is InChI=1S/C19H29FN4O2S.HI/c1-3-27(26)15-8-6-7-14(13-15)24-19(21-2)23-12-11-22-18(25)16-9-4-5-10-17(16)20;/h4-5,9-10,14-15H,3,6-8,11-13H2,1-2H3,(H,22,25)(H2,21,23,24);1H. The fraction of sp³-hybridized carbons (Fsp3) is 0.579. The molecule has 0 heterocycles. The van der Waals surface area contributed by atoms with Crippen molar-refractivity contribution in [2.75, 3.05) is 25.9 Å². The number of nitrogens with one attached hydrogen (secondary N) is 3. The maximum absolute atomic E-state index is 13.6. The summed E-state index contributed by atoms with van der Waals surface area (Å²) in [5.74, 6) is 0.390. The van der Waals surface area contributed by atoms with Crippen molar-refractivity contribution >= 4 is 46.6 Å². The van der Waals surface area contributed by atoms with Gasteiger partial charge in [0, 0.05) is 48.0 Å². The zero-order valence-corrected chi connectivity index (χ0v) is 19.5. The van der Waals surface area contributed by atoms with Crippen LogP contribution in [0.1, 0.15) is 43.0 Å². The molecule has 0 aromatic heterocycles. The summed E-state index contributed by atoms with van der Waals surface area (Å²) in [4.78, 5) is 16.2. The normalized spacial score (nSPS) is 20.6. The minimum absolute atomic E-state index is 0. The largest absolute Gasteiger partial charge is 0.355 e. The first-order valence-corrected chi connectivity index (χ1v) is 10.8. The van der Waals surface area contributed by atoms with Gasteiger partial charge in [0.05, 0.1) is 5.56 Å². The van der Waals surface area contributed by atoms with Crippen LogP contribution in [0.15, 0.2) is 29.3 Å². The molecule has 0 saturated heterocycles. The molecular formula is C19H30FIN4O2S. The third-order valence-electron chi connectivity index (χ3n) is 4.67. The Bertz CT molecular complexity index is 690. The summed E-state index contributed by atoms with van der Waals surface area (Å²) < 4.78 is 25.6. The summed E-state index contributed by atoms with van der Waals surface area (Å²) >= 11 is 0. The van der Waals surface area contributed by atoms with Crippen LogP contribution in [0.2, 0.25) is 0 Å². The van der Waals surface area contributed by atoms with Gasteiger partial charge in [-0.1, -0.05) is 25.5 Å². The molecule has 0 aliphatic heterocycles. The second-order valence-electron chi connectivity index (χ2n) is 6.53. The summed E-state index contributed by atoms with van der Waals surface area (Å²) in [6.07, 6.45) is 3.99. The SMILES string of the molecule is CCS(=O)C1CCCC(NC(=NC)NCCNC(=O)c2ccccc2F)C1.I. The number of hydrogen-bond donors (Lipinski definition) is 3. The molecule has 1 aromatic carbocycles. The van der Waals surface area contributed by atoms with Crippen LogP contribution in [0.3, 0.4) is 0 Å². The molecule has 2 rings (SSSR count). The second-order valence-corrected chi connectivity index (χ2v) is 8.54. The van der Waals surface area contributed by atoms with Gasteiger partial charge in [0.15, 0.2) is 5.96 Å². The number of hydrogen-bond acceptors (Lipinski definition) is 3. The first-order valence-electron chi connectivity index (χ1n) is 9.42. The number of rotatable bonds is 7. The van der Waals surface area contributed by atoms with Crippen molar-refractivity contribution in [2.24, 2.45) is 4.99 Å². The highest BCUT2D eigenvalue weighted by Gasteiger charge is 2.26. The van der Waals surface area contributed by atoms with Gasteiger partial charge >= 0.3 is 0 Å². The minimum Gasteiger partial charge on any atom is -0.355 e. The fourth-order valence-electron chi connectivity index (χ4n) is 3.24. The molecule has 158 valence electrons. The van der Waals surface area contributed by atoms with Gasteiger partial charge in [-0.15, -0.1) is 24.0 Å². The number of aliphatic imine (C=N–C) groups is 1. The lowest BCUT2D eigenvalue weighted by Crippen LogP contribution is -2.48. The van der Waals surface area contributed by atoms with E-state index in [1.165, 1.54) is 12.1 Å². The summed E-state index contributed by atoms with van der Waals surface area (Å²) in [6, 6.07) is 6.15. The topological polar surface area (TPSA) is 82.6 Å². The lowest BCUT2D eigenvalue weighted by atomic mass is 9.95. The van der Waals surface area contributed by atoms with Crippen LogP contribution in [0.25, 0.3) is 0 Å². The molecule has 3 unspecified atom stereocenters. The van der Waals surface area contributed by atoms with E-state index in [1.807, 2.05) is 6.92 Å². The van der Waals surface area contributed by atoms with Crippen LogP contribution in [0.5, 0.6) is 0 Å². The Kier molecular flexibility index (Phi) is 11.6. The van der Waals surface area contributed by atoms with Gasteiger partial charge in [-0.05, 0) is 31.4 Å². The van der Waals surface area contributed by atoms with Crippen LogP contribution in [-0.4, -0.2) is 53.3 Å². The Labute approximate surface area is 186 Å². The van der Waals surface area contributed by atoms with E-state index in [1.54, 1.807) is 19.2 Å². The van der Waals surface area contributed by atoms with E-state index in [-0.39, 0.29) is 40.8 Å². The van der Waals surface area contributed by atoms with Crippen molar-refractivity contribution < 1.29 is 13.4 Å². The fourth-order valence-corrected chi connectivity index (χ4v) is 4.58. The van der Waals surface area contributed by atoms with Crippen LogP contribution >= 0.6 is 24.0 Å². The van der Waals surface area contributed by atoms with Crippen LogP contribution in [-0.2, 0) is 10.8 Å². The van der Waals surface area contributed by atoms with Gasteiger partial charge in [-0.3, -0.25) is 14.0 Å². The molecule has 1 amide bonds. The third-order valence-corrected chi connectivity index (χ3v) is 6.41. The number of guanidine groups is 1. The lowest BCUT2D eigenvalue weighted by molar-refractivity contribution is 0.0950. The monoisotopic (exact) mass is 524 g/mol. The average molecular weight is 524 g/mol. The van der Waals surface area contributed by atoms with E-state index in [0.29, 0.717) is 24.8 Å². The zero-order valence-electron chi connectivity index (χ0n) is 16.4. The van der Waals surface area contributed by atoms with Gasteiger partial charge < -0.3 is 16.0 Å². The number of nitrogens with zero attached hydrogens (tertiary/aromatic N) is 1. The highest BCUT2D eigenvalue weighted by atomic mass is 127. The number of amides is 1. The summed E-state index contributed by atoms with van der Waals surface area (Å²) in [5, 5.41) is 9.46. The van der Waals surface area contributed by atoms with Gasteiger partial charge in [0.2, 0.25) is 0 Å². The molecule has 28 heavy (non-hydrogen) atoms. The molecule has 6 nitrogen and oxygen atoms in total. The molecule has 3 N–H and O–H groups in total. The van der Waals surface area contributed by atoms with Crippen LogP contribution in [0.4, 0.5) is 4.39 Å². The molecule has 1 aliphatic rings. The Morgan fingerprint density at radius 3 is 2.64 bits per heavy atom. The van der Waals surface area contributed by atoms with Crippen LogP contribution in [0, 0.1) is 5.82 Å². The number of halogens is 2. The van der Waals surface area contributed by atoms with Gasteiger partial charge in [0.1, 0.15) is 5.82 Å². The van der Waals surface area contributed by atoms with Crippen LogP contribution < -0.4 is 16.0 Å². The summed E-state index contributed by atoms with van der Waals surface area (Å²) in [5.41, 5.74) is 0.0391. The Morgan fingerprint density at radius 2 is 1.96 bits per heavy atom. The third kappa shape index (κ3) is 7.65. The smallest absolute Gasteiger partial charge is 0.254 e. The molecule has 3 atom stereocenters. The minimum atomic E-state index is -0.762. The Balaban J connectivity index is 0.00000392. The van der Waals surface area contributed by atoms with Crippen molar-refractivity contribution in [3.63, 3.8) is 0 Å². The van der Waals surface area contributed by atoms with Gasteiger partial charge in [-0.2, -0.15) is 0 Å². The first-order chi connectivity index (χ1) is 13.0. The van der Waals surface area contributed by atoms with Crippen molar-refractivity contribution in [1.29, 1.82) is 0 Å². The van der Waals surface area contributed by atoms with Gasteiger partial charge in [-0.25, -0.2) is 4.39 Å².